The molecule has 0 saturated carbocycles. The van der Waals surface area contributed by atoms with Crippen molar-refractivity contribution in [1.82, 2.24) is 0 Å². The van der Waals surface area contributed by atoms with Gasteiger partial charge in [-0.3, -0.25) is 9.10 Å². The molecule has 0 atom stereocenters. The first-order chi connectivity index (χ1) is 14.9. The number of thiophene rings is 1. The van der Waals surface area contributed by atoms with Crippen molar-refractivity contribution in [2.45, 2.75) is 4.21 Å². The third-order valence-electron chi connectivity index (χ3n) is 4.36. The van der Waals surface area contributed by atoms with Gasteiger partial charge in [-0.15, -0.1) is 11.3 Å². The number of ether oxygens (including phenoxy) is 3. The fourth-order valence-electron chi connectivity index (χ4n) is 2.88. The first-order valence-corrected chi connectivity index (χ1v) is 11.4. The molecule has 0 saturated heterocycles. The molecule has 3 rings (SSSR count). The molecule has 1 heterocycles. The van der Waals surface area contributed by atoms with Gasteiger partial charge in [-0.25, -0.2) is 8.42 Å². The van der Waals surface area contributed by atoms with E-state index in [1.54, 1.807) is 53.9 Å². The van der Waals surface area contributed by atoms with E-state index in [0.29, 0.717) is 22.9 Å². The van der Waals surface area contributed by atoms with Crippen molar-refractivity contribution in [3.8, 4) is 17.2 Å². The first-order valence-electron chi connectivity index (χ1n) is 9.12. The minimum atomic E-state index is -4.00. The van der Waals surface area contributed by atoms with Crippen molar-refractivity contribution in [2.75, 3.05) is 37.5 Å². The second-order valence-electron chi connectivity index (χ2n) is 6.23. The Hall–Kier alpha value is -3.24. The first kappa shape index (κ1) is 22.4. The number of para-hydroxylation sites is 2. The van der Waals surface area contributed by atoms with E-state index in [4.69, 9.17) is 14.2 Å². The largest absolute Gasteiger partial charge is 0.497 e. The highest BCUT2D eigenvalue weighted by Gasteiger charge is 2.30. The lowest BCUT2D eigenvalue weighted by Crippen LogP contribution is -2.38. The fraction of sp³-hybridized carbons (Fsp3) is 0.190. The highest BCUT2D eigenvalue weighted by molar-refractivity contribution is 7.94. The average Bonchev–Trinajstić information content (AvgIpc) is 3.33. The summed E-state index contributed by atoms with van der Waals surface area (Å²) in [6.45, 7) is -0.463. The number of nitrogens with one attached hydrogen (secondary N) is 1. The van der Waals surface area contributed by atoms with Gasteiger partial charge in [0.25, 0.3) is 10.0 Å². The van der Waals surface area contributed by atoms with Crippen LogP contribution in [0.5, 0.6) is 17.2 Å². The van der Waals surface area contributed by atoms with Crippen molar-refractivity contribution in [1.29, 1.82) is 0 Å². The van der Waals surface area contributed by atoms with E-state index in [9.17, 15) is 13.2 Å². The molecular formula is C21H22N2O6S2. The van der Waals surface area contributed by atoms with Crippen LogP contribution in [-0.2, 0) is 14.8 Å². The Morgan fingerprint density at radius 2 is 1.71 bits per heavy atom. The molecule has 2 aromatic carbocycles. The molecule has 1 N–H and O–H groups in total. The molecule has 0 fully saturated rings. The maximum atomic E-state index is 13.3. The number of anilines is 2. The predicted octanol–water partition coefficient (Wildman–Crippen LogP) is 3.61. The minimum absolute atomic E-state index is 0.119. The second-order valence-corrected chi connectivity index (χ2v) is 9.27. The number of sulfonamides is 1. The number of rotatable bonds is 9. The molecule has 1 aromatic heterocycles. The number of carbonyl (C=O) groups is 1. The van der Waals surface area contributed by atoms with E-state index in [2.05, 4.69) is 5.32 Å². The standard InChI is InChI=1S/C21H22N2O6S2/c1-27-15-10-11-16(19(13-15)29-3)22-20(24)14-23(17-7-4-5-8-18(17)28-2)31(25,26)21-9-6-12-30-21/h4-13H,14H2,1-3H3,(H,22,24). The zero-order chi connectivity index (χ0) is 22.4. The number of carbonyl (C=O) groups excluding carboxylic acids is 1. The molecule has 0 bridgehead atoms. The van der Waals surface area contributed by atoms with Crippen LogP contribution in [0.4, 0.5) is 11.4 Å². The Morgan fingerprint density at radius 1 is 0.968 bits per heavy atom. The van der Waals surface area contributed by atoms with Crippen LogP contribution in [0.1, 0.15) is 0 Å². The molecule has 0 aliphatic carbocycles. The molecular weight excluding hydrogens is 440 g/mol. The SMILES string of the molecule is COc1ccc(NC(=O)CN(c2ccccc2OC)S(=O)(=O)c2cccs2)c(OC)c1. The Bertz CT molecular complexity index is 1150. The fourth-order valence-corrected chi connectivity index (χ4v) is 5.41. The van der Waals surface area contributed by atoms with Crippen LogP contribution < -0.4 is 23.8 Å². The third kappa shape index (κ3) is 4.92. The zero-order valence-electron chi connectivity index (χ0n) is 17.2. The van der Waals surface area contributed by atoms with Crippen LogP contribution in [-0.4, -0.2) is 42.2 Å². The second kappa shape index (κ2) is 9.71. The lowest BCUT2D eigenvalue weighted by molar-refractivity contribution is -0.114. The summed E-state index contributed by atoms with van der Waals surface area (Å²) >= 11 is 1.07. The Labute approximate surface area is 185 Å². The Balaban J connectivity index is 1.95. The zero-order valence-corrected chi connectivity index (χ0v) is 18.8. The van der Waals surface area contributed by atoms with Gasteiger partial charge in [0.2, 0.25) is 5.91 Å². The van der Waals surface area contributed by atoms with Gasteiger partial charge in [-0.05, 0) is 35.7 Å². The van der Waals surface area contributed by atoms with Crippen molar-refractivity contribution < 1.29 is 27.4 Å². The van der Waals surface area contributed by atoms with Gasteiger partial charge in [0.1, 0.15) is 28.0 Å². The summed E-state index contributed by atoms with van der Waals surface area (Å²) in [7, 11) is 0.431. The van der Waals surface area contributed by atoms with E-state index in [-0.39, 0.29) is 9.90 Å². The number of benzene rings is 2. The predicted molar refractivity (Wildman–Crippen MR) is 120 cm³/mol. The molecule has 164 valence electrons. The quantitative estimate of drug-likeness (QED) is 0.522. The van der Waals surface area contributed by atoms with Crippen molar-refractivity contribution >= 4 is 38.6 Å². The highest BCUT2D eigenvalue weighted by Crippen LogP contribution is 2.34. The van der Waals surface area contributed by atoms with Gasteiger partial charge in [-0.1, -0.05) is 18.2 Å². The number of hydrogen-bond donors (Lipinski definition) is 1. The van der Waals surface area contributed by atoms with E-state index < -0.39 is 22.5 Å². The number of methoxy groups -OCH3 is 3. The summed E-state index contributed by atoms with van der Waals surface area (Å²) in [6.07, 6.45) is 0. The lowest BCUT2D eigenvalue weighted by atomic mass is 10.2. The van der Waals surface area contributed by atoms with Gasteiger partial charge in [-0.2, -0.15) is 0 Å². The summed E-state index contributed by atoms with van der Waals surface area (Å²) in [5.41, 5.74) is 0.650. The maximum Gasteiger partial charge on any atom is 0.274 e. The van der Waals surface area contributed by atoms with Crippen LogP contribution in [0.15, 0.2) is 64.2 Å². The molecule has 0 aliphatic heterocycles. The summed E-state index contributed by atoms with van der Waals surface area (Å²) in [5, 5.41) is 4.37. The highest BCUT2D eigenvalue weighted by atomic mass is 32.2. The molecule has 0 spiro atoms. The summed E-state index contributed by atoms with van der Waals surface area (Å²) in [6, 6.07) is 14.7. The van der Waals surface area contributed by atoms with Crippen LogP contribution in [0.3, 0.4) is 0 Å². The summed E-state index contributed by atoms with van der Waals surface area (Å²) in [5.74, 6) is 0.732. The molecule has 0 aliphatic rings. The molecule has 1 amide bonds. The Kier molecular flexibility index (Phi) is 7.03. The third-order valence-corrected chi connectivity index (χ3v) is 7.50. The molecule has 3 aromatic rings. The van der Waals surface area contributed by atoms with Crippen LogP contribution in [0.25, 0.3) is 0 Å². The van der Waals surface area contributed by atoms with Crippen molar-refractivity contribution in [3.63, 3.8) is 0 Å². The van der Waals surface area contributed by atoms with Crippen LogP contribution in [0.2, 0.25) is 0 Å². The van der Waals surface area contributed by atoms with Gasteiger partial charge in [0, 0.05) is 6.07 Å². The molecule has 0 radical (unpaired) electrons. The van der Waals surface area contributed by atoms with Gasteiger partial charge < -0.3 is 19.5 Å². The topological polar surface area (TPSA) is 94.2 Å². The maximum absolute atomic E-state index is 13.3. The number of amides is 1. The van der Waals surface area contributed by atoms with Gasteiger partial charge in [0.05, 0.1) is 32.7 Å². The lowest BCUT2D eigenvalue weighted by Gasteiger charge is -2.25. The van der Waals surface area contributed by atoms with Gasteiger partial charge >= 0.3 is 0 Å². The van der Waals surface area contributed by atoms with Crippen LogP contribution in [0, 0.1) is 0 Å². The molecule has 8 nitrogen and oxygen atoms in total. The Morgan fingerprint density at radius 3 is 2.35 bits per heavy atom. The monoisotopic (exact) mass is 462 g/mol. The molecule has 0 unspecified atom stereocenters. The van der Waals surface area contributed by atoms with E-state index in [1.165, 1.54) is 27.4 Å². The average molecular weight is 463 g/mol. The van der Waals surface area contributed by atoms with Crippen LogP contribution >= 0.6 is 11.3 Å². The molecule has 31 heavy (non-hydrogen) atoms. The van der Waals surface area contributed by atoms with Gasteiger partial charge in [0.15, 0.2) is 0 Å². The van der Waals surface area contributed by atoms with E-state index >= 15 is 0 Å². The van der Waals surface area contributed by atoms with Crippen molar-refractivity contribution in [2.24, 2.45) is 0 Å². The number of nitrogens with zero attached hydrogens (tertiary/aromatic N) is 1. The minimum Gasteiger partial charge on any atom is -0.497 e. The summed E-state index contributed by atoms with van der Waals surface area (Å²) < 4.78 is 43.6. The number of hydrogen-bond acceptors (Lipinski definition) is 7. The smallest absolute Gasteiger partial charge is 0.274 e. The van der Waals surface area contributed by atoms with E-state index in [1.807, 2.05) is 0 Å². The normalized spacial score (nSPS) is 10.9. The van der Waals surface area contributed by atoms with E-state index in [0.717, 1.165) is 15.6 Å². The van der Waals surface area contributed by atoms with Crippen molar-refractivity contribution in [3.05, 3.63) is 60.0 Å². The molecule has 10 heteroatoms. The summed E-state index contributed by atoms with van der Waals surface area (Å²) in [4.78, 5) is 12.9.